The van der Waals surface area contributed by atoms with Crippen LogP contribution in [-0.2, 0) is 11.2 Å². The van der Waals surface area contributed by atoms with Gasteiger partial charge in [-0.05, 0) is 42.3 Å². The summed E-state index contributed by atoms with van der Waals surface area (Å²) in [5.41, 5.74) is 2.41. The molecule has 20 heavy (non-hydrogen) atoms. The van der Waals surface area contributed by atoms with Gasteiger partial charge < -0.3 is 10.1 Å². The van der Waals surface area contributed by atoms with E-state index >= 15 is 0 Å². The van der Waals surface area contributed by atoms with E-state index in [4.69, 9.17) is 16.3 Å². The van der Waals surface area contributed by atoms with Crippen LogP contribution in [0.15, 0.2) is 48.8 Å². The fourth-order valence-corrected chi connectivity index (χ4v) is 2.20. The molecule has 0 radical (unpaired) electrons. The summed E-state index contributed by atoms with van der Waals surface area (Å²) in [7, 11) is 1.71. The Hall–Kier alpha value is -1.42. The highest BCUT2D eigenvalue weighted by molar-refractivity contribution is 6.30. The van der Waals surface area contributed by atoms with Crippen molar-refractivity contribution in [2.75, 3.05) is 20.3 Å². The number of pyridine rings is 1. The Labute approximate surface area is 124 Å². The third-order valence-electron chi connectivity index (χ3n) is 3.13. The smallest absolute Gasteiger partial charge is 0.0657 e. The predicted molar refractivity (Wildman–Crippen MR) is 82.0 cm³/mol. The molecular formula is C16H19ClN2O. The molecule has 3 nitrogen and oxygen atoms in total. The number of aromatic nitrogens is 1. The normalized spacial score (nSPS) is 12.3. The molecule has 106 valence electrons. The Morgan fingerprint density at radius 2 is 2.05 bits per heavy atom. The lowest BCUT2D eigenvalue weighted by Crippen LogP contribution is -2.27. The van der Waals surface area contributed by atoms with Crippen LogP contribution in [0.3, 0.4) is 0 Å². The Morgan fingerprint density at radius 1 is 1.25 bits per heavy atom. The molecule has 1 N–H and O–H groups in total. The number of nitrogens with one attached hydrogen (secondary N) is 1. The van der Waals surface area contributed by atoms with E-state index in [-0.39, 0.29) is 6.04 Å². The lowest BCUT2D eigenvalue weighted by Gasteiger charge is -2.18. The summed E-state index contributed by atoms with van der Waals surface area (Å²) in [5, 5.41) is 4.26. The van der Waals surface area contributed by atoms with E-state index < -0.39 is 0 Å². The van der Waals surface area contributed by atoms with Crippen LogP contribution in [0.1, 0.15) is 17.2 Å². The molecule has 0 bridgehead atoms. The Bertz CT molecular complexity index is 502. The second-order valence-electron chi connectivity index (χ2n) is 4.62. The monoisotopic (exact) mass is 290 g/mol. The van der Waals surface area contributed by atoms with Crippen LogP contribution < -0.4 is 5.32 Å². The van der Waals surface area contributed by atoms with Crippen molar-refractivity contribution < 1.29 is 4.74 Å². The first kappa shape index (κ1) is 15.0. The number of hydrogen-bond donors (Lipinski definition) is 1. The summed E-state index contributed by atoms with van der Waals surface area (Å²) >= 11 is 5.92. The first-order chi connectivity index (χ1) is 9.79. The molecule has 0 aliphatic carbocycles. The van der Waals surface area contributed by atoms with Crippen molar-refractivity contribution in [2.45, 2.75) is 12.5 Å². The summed E-state index contributed by atoms with van der Waals surface area (Å²) in [6.45, 7) is 1.51. The number of benzene rings is 1. The zero-order valence-corrected chi connectivity index (χ0v) is 12.3. The number of nitrogens with zero attached hydrogens (tertiary/aromatic N) is 1. The van der Waals surface area contributed by atoms with Gasteiger partial charge in [0.2, 0.25) is 0 Å². The topological polar surface area (TPSA) is 34.1 Å². The second kappa shape index (κ2) is 8.00. The highest BCUT2D eigenvalue weighted by Crippen LogP contribution is 2.16. The minimum Gasteiger partial charge on any atom is -0.383 e. The number of halogens is 1. The van der Waals surface area contributed by atoms with E-state index in [0.717, 1.165) is 18.0 Å². The largest absolute Gasteiger partial charge is 0.383 e. The van der Waals surface area contributed by atoms with Crippen LogP contribution in [0.5, 0.6) is 0 Å². The first-order valence-electron chi connectivity index (χ1n) is 6.66. The van der Waals surface area contributed by atoms with Gasteiger partial charge in [0.05, 0.1) is 12.6 Å². The van der Waals surface area contributed by atoms with Gasteiger partial charge in [0.15, 0.2) is 0 Å². The molecule has 4 heteroatoms. The van der Waals surface area contributed by atoms with Gasteiger partial charge in [-0.2, -0.15) is 0 Å². The van der Waals surface area contributed by atoms with Gasteiger partial charge in [-0.1, -0.05) is 29.8 Å². The third-order valence-corrected chi connectivity index (χ3v) is 3.38. The van der Waals surface area contributed by atoms with Crippen molar-refractivity contribution in [1.82, 2.24) is 10.3 Å². The van der Waals surface area contributed by atoms with E-state index in [1.54, 1.807) is 13.3 Å². The molecule has 0 aliphatic rings. The maximum Gasteiger partial charge on any atom is 0.0657 e. The van der Waals surface area contributed by atoms with E-state index in [2.05, 4.69) is 16.4 Å². The van der Waals surface area contributed by atoms with Crippen molar-refractivity contribution in [3.8, 4) is 0 Å². The van der Waals surface area contributed by atoms with E-state index in [9.17, 15) is 0 Å². The average Bonchev–Trinajstić information content (AvgIpc) is 2.48. The predicted octanol–water partition coefficient (Wildman–Crippen LogP) is 3.25. The van der Waals surface area contributed by atoms with Gasteiger partial charge in [-0.3, -0.25) is 4.98 Å². The van der Waals surface area contributed by atoms with Crippen molar-refractivity contribution in [3.63, 3.8) is 0 Å². The zero-order chi connectivity index (χ0) is 14.2. The lowest BCUT2D eigenvalue weighted by atomic mass is 10.1. The van der Waals surface area contributed by atoms with Crippen LogP contribution in [0.2, 0.25) is 5.02 Å². The van der Waals surface area contributed by atoms with E-state index in [1.807, 2.05) is 36.5 Å². The number of ether oxygens (including phenoxy) is 1. The standard InChI is InChI=1S/C16H19ClN2O/c1-20-12-16(14-4-6-15(17)7-5-14)19-10-8-13-3-2-9-18-11-13/h2-7,9,11,16,19H,8,10,12H2,1H3/t16-/m1/s1. The molecule has 0 unspecified atom stereocenters. The molecule has 0 saturated heterocycles. The number of methoxy groups -OCH3 is 1. The minimum atomic E-state index is 0.175. The molecule has 0 fully saturated rings. The molecule has 2 rings (SSSR count). The Balaban J connectivity index is 1.90. The molecule has 0 aliphatic heterocycles. The molecule has 1 atom stereocenters. The Kier molecular flexibility index (Phi) is 5.99. The molecule has 0 saturated carbocycles. The van der Waals surface area contributed by atoms with Gasteiger partial charge in [0.1, 0.15) is 0 Å². The van der Waals surface area contributed by atoms with Crippen molar-refractivity contribution in [2.24, 2.45) is 0 Å². The quantitative estimate of drug-likeness (QED) is 0.850. The fourth-order valence-electron chi connectivity index (χ4n) is 2.07. The Morgan fingerprint density at radius 3 is 2.70 bits per heavy atom. The van der Waals surface area contributed by atoms with Crippen LogP contribution in [0, 0.1) is 0 Å². The van der Waals surface area contributed by atoms with Gasteiger partial charge in [0.25, 0.3) is 0 Å². The average molecular weight is 291 g/mol. The first-order valence-corrected chi connectivity index (χ1v) is 7.04. The van der Waals surface area contributed by atoms with Crippen LogP contribution >= 0.6 is 11.6 Å². The maximum absolute atomic E-state index is 5.92. The van der Waals surface area contributed by atoms with Gasteiger partial charge in [-0.15, -0.1) is 0 Å². The molecule has 2 aromatic rings. The SMILES string of the molecule is COC[C@@H](NCCc1cccnc1)c1ccc(Cl)cc1. The van der Waals surface area contributed by atoms with Crippen molar-refractivity contribution >= 4 is 11.6 Å². The second-order valence-corrected chi connectivity index (χ2v) is 5.06. The van der Waals surface area contributed by atoms with Crippen molar-refractivity contribution in [1.29, 1.82) is 0 Å². The third kappa shape index (κ3) is 4.60. The zero-order valence-electron chi connectivity index (χ0n) is 11.6. The molecule has 1 aromatic carbocycles. The molecule has 0 spiro atoms. The van der Waals surface area contributed by atoms with Gasteiger partial charge >= 0.3 is 0 Å². The number of rotatable bonds is 7. The molecular weight excluding hydrogens is 272 g/mol. The van der Waals surface area contributed by atoms with Gasteiger partial charge in [-0.25, -0.2) is 0 Å². The maximum atomic E-state index is 5.92. The van der Waals surface area contributed by atoms with Crippen LogP contribution in [-0.4, -0.2) is 25.2 Å². The summed E-state index contributed by atoms with van der Waals surface area (Å²) in [4.78, 5) is 4.12. The van der Waals surface area contributed by atoms with Crippen LogP contribution in [0.25, 0.3) is 0 Å². The summed E-state index contributed by atoms with van der Waals surface area (Å²) in [6, 6.07) is 12.1. The molecule has 1 aromatic heterocycles. The lowest BCUT2D eigenvalue weighted by molar-refractivity contribution is 0.167. The van der Waals surface area contributed by atoms with E-state index in [1.165, 1.54) is 11.1 Å². The summed E-state index contributed by atoms with van der Waals surface area (Å²) in [5.74, 6) is 0. The molecule has 1 heterocycles. The highest BCUT2D eigenvalue weighted by atomic mass is 35.5. The van der Waals surface area contributed by atoms with Crippen molar-refractivity contribution in [3.05, 3.63) is 64.9 Å². The fraction of sp³-hybridized carbons (Fsp3) is 0.312. The molecule has 0 amide bonds. The number of hydrogen-bond acceptors (Lipinski definition) is 3. The summed E-state index contributed by atoms with van der Waals surface area (Å²) < 4.78 is 5.28. The minimum absolute atomic E-state index is 0.175. The summed E-state index contributed by atoms with van der Waals surface area (Å²) in [6.07, 6.45) is 4.63. The highest BCUT2D eigenvalue weighted by Gasteiger charge is 2.10. The van der Waals surface area contributed by atoms with Crippen LogP contribution in [0.4, 0.5) is 0 Å². The van der Waals surface area contributed by atoms with Gasteiger partial charge in [0, 0.05) is 24.5 Å². The van der Waals surface area contributed by atoms with E-state index in [0.29, 0.717) is 6.61 Å².